The lowest BCUT2D eigenvalue weighted by Gasteiger charge is -2.22. The van der Waals surface area contributed by atoms with Crippen LogP contribution in [0.15, 0.2) is 53.3 Å². The highest BCUT2D eigenvalue weighted by Gasteiger charge is 2.22. The molecule has 160 valence electrons. The summed E-state index contributed by atoms with van der Waals surface area (Å²) in [5.41, 5.74) is 2.17. The molecule has 6 nitrogen and oxygen atoms in total. The van der Waals surface area contributed by atoms with Gasteiger partial charge in [-0.05, 0) is 49.4 Å². The first kappa shape index (κ1) is 19.8. The molecule has 31 heavy (non-hydrogen) atoms. The van der Waals surface area contributed by atoms with Crippen molar-refractivity contribution in [1.29, 1.82) is 0 Å². The summed E-state index contributed by atoms with van der Waals surface area (Å²) >= 11 is 0. The molecule has 0 radical (unpaired) electrons. The average Bonchev–Trinajstić information content (AvgIpc) is 3.50. The third kappa shape index (κ3) is 4.07. The first-order chi connectivity index (χ1) is 15.2. The lowest BCUT2D eigenvalue weighted by molar-refractivity contribution is 0.0938. The highest BCUT2D eigenvalue weighted by Crippen LogP contribution is 2.22. The van der Waals surface area contributed by atoms with Crippen molar-refractivity contribution in [3.8, 4) is 0 Å². The molecule has 0 atom stereocenters. The van der Waals surface area contributed by atoms with Gasteiger partial charge in [0.2, 0.25) is 5.95 Å². The number of amides is 1. The van der Waals surface area contributed by atoms with E-state index in [4.69, 9.17) is 4.98 Å². The van der Waals surface area contributed by atoms with Crippen LogP contribution in [-0.4, -0.2) is 34.6 Å². The molecule has 1 aromatic heterocycles. The molecular formula is C25H28N4O2. The lowest BCUT2D eigenvalue weighted by Crippen LogP contribution is -2.33. The van der Waals surface area contributed by atoms with Gasteiger partial charge < -0.3 is 10.2 Å². The monoisotopic (exact) mass is 416 g/mol. The number of aromatic nitrogens is 2. The lowest BCUT2D eigenvalue weighted by atomic mass is 10.1. The zero-order chi connectivity index (χ0) is 21.2. The van der Waals surface area contributed by atoms with Crippen molar-refractivity contribution in [2.24, 2.45) is 0 Å². The van der Waals surface area contributed by atoms with Crippen molar-refractivity contribution in [1.82, 2.24) is 14.9 Å². The quantitative estimate of drug-likeness (QED) is 0.688. The molecule has 5 rings (SSSR count). The van der Waals surface area contributed by atoms with Crippen molar-refractivity contribution in [3.63, 3.8) is 0 Å². The predicted octanol–water partition coefficient (Wildman–Crippen LogP) is 3.72. The minimum atomic E-state index is -0.0770. The van der Waals surface area contributed by atoms with Crippen LogP contribution >= 0.6 is 0 Å². The molecule has 3 aromatic rings. The number of nitrogens with zero attached hydrogens (tertiary/aromatic N) is 3. The zero-order valence-corrected chi connectivity index (χ0v) is 17.7. The highest BCUT2D eigenvalue weighted by atomic mass is 16.1. The first-order valence-corrected chi connectivity index (χ1v) is 11.3. The second-order valence-corrected chi connectivity index (χ2v) is 8.67. The normalized spacial score (nSPS) is 16.8. The summed E-state index contributed by atoms with van der Waals surface area (Å²) in [7, 11) is 0. The number of fused-ring (bicyclic) bond motifs is 1. The molecule has 0 bridgehead atoms. The summed E-state index contributed by atoms with van der Waals surface area (Å²) in [4.78, 5) is 33.3. The van der Waals surface area contributed by atoms with Gasteiger partial charge in [-0.1, -0.05) is 43.2 Å². The minimum Gasteiger partial charge on any atom is -0.349 e. The maximum Gasteiger partial charge on any atom is 0.263 e. The van der Waals surface area contributed by atoms with Gasteiger partial charge in [-0.3, -0.25) is 14.2 Å². The molecule has 1 aliphatic carbocycles. The highest BCUT2D eigenvalue weighted by molar-refractivity contribution is 5.98. The molecule has 1 saturated heterocycles. The van der Waals surface area contributed by atoms with Crippen molar-refractivity contribution >= 4 is 22.8 Å². The van der Waals surface area contributed by atoms with E-state index in [1.807, 2.05) is 30.3 Å². The van der Waals surface area contributed by atoms with Crippen LogP contribution in [0.25, 0.3) is 10.9 Å². The Kier molecular flexibility index (Phi) is 5.45. The van der Waals surface area contributed by atoms with Crippen LogP contribution in [0.4, 0.5) is 5.95 Å². The minimum absolute atomic E-state index is 0.0569. The Morgan fingerprint density at radius 3 is 2.48 bits per heavy atom. The van der Waals surface area contributed by atoms with Crippen LogP contribution in [0.2, 0.25) is 0 Å². The molecule has 2 fully saturated rings. The van der Waals surface area contributed by atoms with Crippen molar-refractivity contribution in [3.05, 3.63) is 70.0 Å². The van der Waals surface area contributed by atoms with Gasteiger partial charge in [-0.2, -0.15) is 0 Å². The summed E-state index contributed by atoms with van der Waals surface area (Å²) in [6.45, 7) is 2.28. The summed E-state index contributed by atoms with van der Waals surface area (Å²) < 4.78 is 1.78. The summed E-state index contributed by atoms with van der Waals surface area (Å²) in [6, 6.07) is 15.5. The van der Waals surface area contributed by atoms with Gasteiger partial charge in [-0.25, -0.2) is 4.98 Å². The number of carbonyl (C=O) groups is 1. The molecular weight excluding hydrogens is 388 g/mol. The largest absolute Gasteiger partial charge is 0.349 e. The van der Waals surface area contributed by atoms with Gasteiger partial charge in [0, 0.05) is 24.7 Å². The number of nitrogens with one attached hydrogen (secondary N) is 1. The maximum absolute atomic E-state index is 13.5. The zero-order valence-electron chi connectivity index (χ0n) is 17.7. The first-order valence-electron chi connectivity index (χ1n) is 11.3. The van der Waals surface area contributed by atoms with Crippen molar-refractivity contribution in [2.45, 2.75) is 51.1 Å². The third-order valence-electron chi connectivity index (χ3n) is 6.46. The van der Waals surface area contributed by atoms with E-state index in [9.17, 15) is 9.59 Å². The second-order valence-electron chi connectivity index (χ2n) is 8.67. The van der Waals surface area contributed by atoms with Crippen molar-refractivity contribution < 1.29 is 4.79 Å². The van der Waals surface area contributed by atoms with Crippen LogP contribution in [0.5, 0.6) is 0 Å². The number of rotatable bonds is 5. The molecule has 2 aromatic carbocycles. The molecule has 1 saturated carbocycles. The van der Waals surface area contributed by atoms with Crippen LogP contribution in [0.1, 0.15) is 54.4 Å². The summed E-state index contributed by atoms with van der Waals surface area (Å²) in [5.74, 6) is 0.624. The van der Waals surface area contributed by atoms with Gasteiger partial charge in [0.05, 0.1) is 17.4 Å². The number of anilines is 1. The number of benzene rings is 2. The topological polar surface area (TPSA) is 67.2 Å². The van der Waals surface area contributed by atoms with Gasteiger partial charge in [0.1, 0.15) is 0 Å². The van der Waals surface area contributed by atoms with E-state index in [1.54, 1.807) is 22.8 Å². The Balaban J connectivity index is 1.55. The Morgan fingerprint density at radius 2 is 1.74 bits per heavy atom. The molecule has 0 spiro atoms. The average molecular weight is 417 g/mol. The maximum atomic E-state index is 13.5. The van der Waals surface area contributed by atoms with Crippen LogP contribution < -0.4 is 15.8 Å². The van der Waals surface area contributed by atoms with E-state index in [0.717, 1.165) is 44.3 Å². The summed E-state index contributed by atoms with van der Waals surface area (Å²) in [5, 5.41) is 3.68. The van der Waals surface area contributed by atoms with E-state index < -0.39 is 0 Å². The SMILES string of the molecule is O=C(NC1CCCC1)c1ccc2c(=O)n(Cc3ccccc3)c(N3CCCC3)nc2c1. The Bertz CT molecular complexity index is 1140. The predicted molar refractivity (Wildman–Crippen MR) is 123 cm³/mol. The van der Waals surface area contributed by atoms with Gasteiger partial charge in [-0.15, -0.1) is 0 Å². The molecule has 2 heterocycles. The number of hydrogen-bond acceptors (Lipinski definition) is 4. The van der Waals surface area contributed by atoms with Crippen molar-refractivity contribution in [2.75, 3.05) is 18.0 Å². The molecule has 0 unspecified atom stereocenters. The molecule has 1 N–H and O–H groups in total. The second kappa shape index (κ2) is 8.53. The van der Waals surface area contributed by atoms with Crippen LogP contribution in [0, 0.1) is 0 Å². The van der Waals surface area contributed by atoms with Gasteiger partial charge >= 0.3 is 0 Å². The Morgan fingerprint density at radius 1 is 1.00 bits per heavy atom. The van der Waals surface area contributed by atoms with E-state index in [1.165, 1.54) is 12.8 Å². The molecule has 6 heteroatoms. The van der Waals surface area contributed by atoms with Gasteiger partial charge in [0.25, 0.3) is 11.5 Å². The van der Waals surface area contributed by atoms with E-state index >= 15 is 0 Å². The molecule has 1 aliphatic heterocycles. The van der Waals surface area contributed by atoms with E-state index in [0.29, 0.717) is 29.0 Å². The molecule has 2 aliphatic rings. The molecule has 1 amide bonds. The Labute approximate surface area is 181 Å². The van der Waals surface area contributed by atoms with Crippen LogP contribution in [0.3, 0.4) is 0 Å². The van der Waals surface area contributed by atoms with Crippen LogP contribution in [-0.2, 0) is 6.54 Å². The Hall–Kier alpha value is -3.15. The standard InChI is InChI=1S/C25H28N4O2/c30-23(26-20-10-4-5-11-20)19-12-13-21-22(16-19)27-25(28-14-6-7-15-28)29(24(21)31)17-18-8-2-1-3-9-18/h1-3,8-9,12-13,16,20H,4-7,10-11,14-15,17H2,(H,26,30). The van der Waals surface area contributed by atoms with E-state index in [-0.39, 0.29) is 17.5 Å². The van der Waals surface area contributed by atoms with E-state index in [2.05, 4.69) is 10.2 Å². The summed E-state index contributed by atoms with van der Waals surface area (Å²) in [6.07, 6.45) is 6.63. The fraction of sp³-hybridized carbons (Fsp3) is 0.400. The number of hydrogen-bond donors (Lipinski definition) is 1. The fourth-order valence-electron chi connectivity index (χ4n) is 4.76. The smallest absolute Gasteiger partial charge is 0.263 e. The number of carbonyl (C=O) groups excluding carboxylic acids is 1. The third-order valence-corrected chi connectivity index (χ3v) is 6.46. The van der Waals surface area contributed by atoms with Gasteiger partial charge in [0.15, 0.2) is 0 Å². The fourth-order valence-corrected chi connectivity index (χ4v) is 4.76.